The van der Waals surface area contributed by atoms with Gasteiger partial charge in [0, 0.05) is 7.05 Å². The first-order valence-electron chi connectivity index (χ1n) is 6.19. The molecule has 0 aliphatic heterocycles. The molecule has 0 unspecified atom stereocenters. The maximum Gasteiger partial charge on any atom is 0.259 e. The van der Waals surface area contributed by atoms with E-state index in [1.807, 2.05) is 0 Å². The number of furan rings is 1. The Labute approximate surface area is 123 Å². The summed E-state index contributed by atoms with van der Waals surface area (Å²) in [5, 5.41) is 2.70. The summed E-state index contributed by atoms with van der Waals surface area (Å²) in [6.45, 7) is 1.68. The number of carbonyl (C=O) groups excluding carboxylic acids is 1. The number of hydrogen-bond acceptors (Lipinski definition) is 4. The summed E-state index contributed by atoms with van der Waals surface area (Å²) in [6, 6.07) is 8.25. The van der Waals surface area contributed by atoms with Crippen LogP contribution in [0, 0.1) is 6.92 Å². The summed E-state index contributed by atoms with van der Waals surface area (Å²) in [4.78, 5) is 12.2. The Morgan fingerprint density at radius 3 is 2.48 bits per heavy atom. The van der Waals surface area contributed by atoms with Gasteiger partial charge in [0.05, 0.1) is 29.5 Å². The van der Waals surface area contributed by atoms with Crippen LogP contribution in [0.3, 0.4) is 0 Å². The number of hydrogen-bond donors (Lipinski definition) is 1. The number of para-hydroxylation sites is 2. The van der Waals surface area contributed by atoms with Crippen LogP contribution in [0.4, 0.5) is 11.4 Å². The lowest BCUT2D eigenvalue weighted by Crippen LogP contribution is -2.26. The Morgan fingerprint density at radius 2 is 1.90 bits per heavy atom. The first-order chi connectivity index (χ1) is 9.80. The molecular formula is C14H16N2O4S. The van der Waals surface area contributed by atoms with Crippen LogP contribution in [-0.4, -0.2) is 27.6 Å². The highest BCUT2D eigenvalue weighted by atomic mass is 32.2. The van der Waals surface area contributed by atoms with E-state index in [1.54, 1.807) is 37.3 Å². The van der Waals surface area contributed by atoms with Crippen molar-refractivity contribution in [1.82, 2.24) is 0 Å². The van der Waals surface area contributed by atoms with E-state index in [0.717, 1.165) is 10.6 Å². The fourth-order valence-electron chi connectivity index (χ4n) is 1.84. The summed E-state index contributed by atoms with van der Waals surface area (Å²) in [5.41, 5.74) is 1.22. The molecule has 2 aromatic rings. The molecule has 0 fully saturated rings. The SMILES string of the molecule is Cc1occc1C(=O)Nc1ccccc1N(C)S(C)(=O)=O. The average molecular weight is 308 g/mol. The first kappa shape index (κ1) is 15.1. The predicted octanol–water partition coefficient (Wildman–Crippen LogP) is 2.24. The van der Waals surface area contributed by atoms with Gasteiger partial charge in [0.2, 0.25) is 10.0 Å². The smallest absolute Gasteiger partial charge is 0.259 e. The molecule has 0 aliphatic rings. The molecule has 1 amide bonds. The van der Waals surface area contributed by atoms with Crippen LogP contribution < -0.4 is 9.62 Å². The van der Waals surface area contributed by atoms with Crippen LogP contribution in [0.2, 0.25) is 0 Å². The Morgan fingerprint density at radius 1 is 1.24 bits per heavy atom. The molecule has 1 aromatic heterocycles. The van der Waals surface area contributed by atoms with E-state index in [1.165, 1.54) is 13.3 Å². The number of nitrogens with zero attached hydrogens (tertiary/aromatic N) is 1. The molecule has 0 saturated heterocycles. The van der Waals surface area contributed by atoms with Gasteiger partial charge in [0.25, 0.3) is 5.91 Å². The quantitative estimate of drug-likeness (QED) is 0.939. The van der Waals surface area contributed by atoms with Crippen molar-refractivity contribution in [3.8, 4) is 0 Å². The Hall–Kier alpha value is -2.28. The van der Waals surface area contributed by atoms with Crippen molar-refractivity contribution >= 4 is 27.3 Å². The third-order valence-corrected chi connectivity index (χ3v) is 4.28. The number of amides is 1. The van der Waals surface area contributed by atoms with Gasteiger partial charge in [-0.25, -0.2) is 8.42 Å². The number of benzene rings is 1. The molecule has 1 N–H and O–H groups in total. The van der Waals surface area contributed by atoms with Crippen LogP contribution in [0.25, 0.3) is 0 Å². The number of aryl methyl sites for hydroxylation is 1. The largest absolute Gasteiger partial charge is 0.469 e. The zero-order valence-electron chi connectivity index (χ0n) is 12.0. The summed E-state index contributed by atoms with van der Waals surface area (Å²) in [6.07, 6.45) is 2.53. The molecule has 1 aromatic carbocycles. The molecule has 0 atom stereocenters. The molecule has 0 aliphatic carbocycles. The molecule has 1 heterocycles. The zero-order valence-corrected chi connectivity index (χ0v) is 12.8. The van der Waals surface area contributed by atoms with E-state index in [9.17, 15) is 13.2 Å². The number of sulfonamides is 1. The van der Waals surface area contributed by atoms with E-state index < -0.39 is 10.0 Å². The van der Waals surface area contributed by atoms with Crippen LogP contribution in [0.5, 0.6) is 0 Å². The molecule has 6 nitrogen and oxygen atoms in total. The van der Waals surface area contributed by atoms with E-state index in [4.69, 9.17) is 4.42 Å². The zero-order chi connectivity index (χ0) is 15.6. The minimum atomic E-state index is -3.41. The van der Waals surface area contributed by atoms with Gasteiger partial charge in [-0.3, -0.25) is 9.10 Å². The molecule has 21 heavy (non-hydrogen) atoms. The van der Waals surface area contributed by atoms with Crippen LogP contribution in [-0.2, 0) is 10.0 Å². The number of anilines is 2. The van der Waals surface area contributed by atoms with Crippen molar-refractivity contribution in [3.05, 3.63) is 47.9 Å². The van der Waals surface area contributed by atoms with Crippen molar-refractivity contribution < 1.29 is 17.6 Å². The van der Waals surface area contributed by atoms with Gasteiger partial charge in [-0.05, 0) is 25.1 Å². The van der Waals surface area contributed by atoms with Crippen molar-refractivity contribution in [2.45, 2.75) is 6.92 Å². The second-order valence-corrected chi connectivity index (χ2v) is 6.61. The average Bonchev–Trinajstić information content (AvgIpc) is 2.84. The van der Waals surface area contributed by atoms with Gasteiger partial charge in [-0.2, -0.15) is 0 Å². The summed E-state index contributed by atoms with van der Waals surface area (Å²) >= 11 is 0. The Bertz CT molecular complexity index is 765. The second-order valence-electron chi connectivity index (χ2n) is 4.59. The highest BCUT2D eigenvalue weighted by molar-refractivity contribution is 7.92. The van der Waals surface area contributed by atoms with E-state index in [-0.39, 0.29) is 5.91 Å². The molecule has 0 radical (unpaired) electrons. The second kappa shape index (κ2) is 5.61. The summed E-state index contributed by atoms with van der Waals surface area (Å²) in [5.74, 6) is 0.150. The van der Waals surface area contributed by atoms with Gasteiger partial charge in [0.1, 0.15) is 5.76 Å². The van der Waals surface area contributed by atoms with Gasteiger partial charge >= 0.3 is 0 Å². The fourth-order valence-corrected chi connectivity index (χ4v) is 2.36. The molecule has 0 bridgehead atoms. The molecule has 0 spiro atoms. The third-order valence-electron chi connectivity index (χ3n) is 3.09. The lowest BCUT2D eigenvalue weighted by atomic mass is 10.2. The van der Waals surface area contributed by atoms with E-state index >= 15 is 0 Å². The Kier molecular flexibility index (Phi) is 4.04. The van der Waals surface area contributed by atoms with Crippen LogP contribution in [0.1, 0.15) is 16.1 Å². The highest BCUT2D eigenvalue weighted by Gasteiger charge is 2.18. The molecule has 112 valence electrons. The Balaban J connectivity index is 2.34. The monoisotopic (exact) mass is 308 g/mol. The van der Waals surface area contributed by atoms with Gasteiger partial charge in [0.15, 0.2) is 0 Å². The standard InChI is InChI=1S/C14H16N2O4S/c1-10-11(8-9-20-10)14(17)15-12-6-4-5-7-13(12)16(2)21(3,18)19/h4-9H,1-3H3,(H,15,17). The van der Waals surface area contributed by atoms with Crippen LogP contribution >= 0.6 is 0 Å². The lowest BCUT2D eigenvalue weighted by molar-refractivity contribution is 0.102. The topological polar surface area (TPSA) is 79.6 Å². The van der Waals surface area contributed by atoms with E-state index in [0.29, 0.717) is 22.7 Å². The van der Waals surface area contributed by atoms with Gasteiger partial charge in [-0.15, -0.1) is 0 Å². The molecular weight excluding hydrogens is 292 g/mol. The minimum absolute atomic E-state index is 0.351. The first-order valence-corrected chi connectivity index (χ1v) is 8.04. The van der Waals surface area contributed by atoms with E-state index in [2.05, 4.69) is 5.32 Å². The predicted molar refractivity (Wildman–Crippen MR) is 81.1 cm³/mol. The summed E-state index contributed by atoms with van der Waals surface area (Å²) in [7, 11) is -1.98. The molecule has 2 rings (SSSR count). The lowest BCUT2D eigenvalue weighted by Gasteiger charge is -2.20. The number of carbonyl (C=O) groups is 1. The van der Waals surface area contributed by atoms with Crippen LogP contribution in [0.15, 0.2) is 41.0 Å². The number of nitrogens with one attached hydrogen (secondary N) is 1. The maximum absolute atomic E-state index is 12.2. The van der Waals surface area contributed by atoms with Gasteiger partial charge in [-0.1, -0.05) is 12.1 Å². The van der Waals surface area contributed by atoms with Crippen molar-refractivity contribution in [1.29, 1.82) is 0 Å². The van der Waals surface area contributed by atoms with Crippen molar-refractivity contribution in [2.75, 3.05) is 22.9 Å². The van der Waals surface area contributed by atoms with Crippen molar-refractivity contribution in [2.24, 2.45) is 0 Å². The van der Waals surface area contributed by atoms with Crippen molar-refractivity contribution in [3.63, 3.8) is 0 Å². The highest BCUT2D eigenvalue weighted by Crippen LogP contribution is 2.27. The third kappa shape index (κ3) is 3.25. The fraction of sp³-hybridized carbons (Fsp3) is 0.214. The number of rotatable bonds is 4. The normalized spacial score (nSPS) is 11.2. The maximum atomic E-state index is 12.2. The summed E-state index contributed by atoms with van der Waals surface area (Å²) < 4.78 is 29.5. The van der Waals surface area contributed by atoms with Gasteiger partial charge < -0.3 is 9.73 Å². The minimum Gasteiger partial charge on any atom is -0.469 e. The molecule has 0 saturated carbocycles. The molecule has 7 heteroatoms.